The van der Waals surface area contributed by atoms with Crippen molar-refractivity contribution in [2.24, 2.45) is 0 Å². The molecule has 31 heavy (non-hydrogen) atoms. The zero-order chi connectivity index (χ0) is 22.3. The molecule has 0 aliphatic rings. The predicted molar refractivity (Wildman–Crippen MR) is 133 cm³/mol. The first-order valence-electron chi connectivity index (χ1n) is 11.2. The van der Waals surface area contributed by atoms with Crippen molar-refractivity contribution in [1.29, 1.82) is 0 Å². The molecule has 0 unspecified atom stereocenters. The maximum absolute atomic E-state index is 7.13. The van der Waals surface area contributed by atoms with Gasteiger partial charge in [0.1, 0.15) is 0 Å². The van der Waals surface area contributed by atoms with Gasteiger partial charge in [-0.05, 0) is 0 Å². The zero-order valence-corrected chi connectivity index (χ0v) is 20.3. The van der Waals surface area contributed by atoms with E-state index in [0.29, 0.717) is 13.2 Å². The molecular weight excluding hydrogens is 403 g/mol. The van der Waals surface area contributed by atoms with Crippen LogP contribution in [0.15, 0.2) is 72.8 Å². The fourth-order valence-electron chi connectivity index (χ4n) is 4.04. The van der Waals surface area contributed by atoms with Gasteiger partial charge in [0.25, 0.3) is 0 Å². The van der Waals surface area contributed by atoms with Gasteiger partial charge in [-0.3, -0.25) is 0 Å². The fourth-order valence-corrected chi connectivity index (χ4v) is 8.77. The molecule has 4 heteroatoms. The molecule has 0 N–H and O–H groups in total. The second kappa shape index (κ2) is 9.96. The molecule has 0 saturated carbocycles. The monoisotopic (exact) mass is 438 g/mol. The first kappa shape index (κ1) is 23.5. The molecule has 166 valence electrons. The molecule has 0 atom stereocenters. The Balaban J connectivity index is 2.43. The molecule has 0 radical (unpaired) electrons. The molecule has 0 aliphatic heterocycles. The number of unbranched alkanes of at least 4 members (excludes halogenated alkanes) is 1. The van der Waals surface area contributed by atoms with E-state index < -0.39 is 7.28 Å². The average Bonchev–Trinajstić information content (AvgIpc) is 2.76. The van der Waals surface area contributed by atoms with Gasteiger partial charge in [0.15, 0.2) is 0 Å². The van der Waals surface area contributed by atoms with Gasteiger partial charge in [0.2, 0.25) is 0 Å². The van der Waals surface area contributed by atoms with Crippen molar-refractivity contribution in [3.05, 3.63) is 89.5 Å². The summed E-state index contributed by atoms with van der Waals surface area (Å²) < 4.78 is 20.9. The van der Waals surface area contributed by atoms with E-state index in [9.17, 15) is 0 Å². The summed E-state index contributed by atoms with van der Waals surface area (Å²) in [5, 5.41) is 1.98. The van der Waals surface area contributed by atoms with E-state index in [0.717, 1.165) is 45.9 Å². The van der Waals surface area contributed by atoms with Crippen LogP contribution in [0.1, 0.15) is 43.4 Å². The molecule has 3 nitrogen and oxygen atoms in total. The second-order valence-electron chi connectivity index (χ2n) is 7.92. The van der Waals surface area contributed by atoms with Crippen LogP contribution in [-0.4, -0.2) is 13.2 Å². The normalized spacial score (nSPS) is 12.9. The second-order valence-corrected chi connectivity index (χ2v) is 11.3. The SMILES string of the molecule is CCCCOP(OCC)(Oc1ccccc1C)(c1ccccc1C)c1ccccc1C. The number of aryl methyl sites for hydroxylation is 3. The van der Waals surface area contributed by atoms with Crippen molar-refractivity contribution in [2.45, 2.75) is 47.5 Å². The van der Waals surface area contributed by atoms with Crippen LogP contribution < -0.4 is 15.1 Å². The Bertz CT molecular complexity index is 969. The fraction of sp³-hybridized carbons (Fsp3) is 0.333. The molecule has 3 rings (SSSR count). The Morgan fingerprint density at radius 1 is 0.645 bits per heavy atom. The maximum atomic E-state index is 7.13. The summed E-state index contributed by atoms with van der Waals surface area (Å²) in [4.78, 5) is 0. The summed E-state index contributed by atoms with van der Waals surface area (Å²) in [7, 11) is -4.02. The minimum atomic E-state index is -4.02. The number of hydrogen-bond acceptors (Lipinski definition) is 3. The van der Waals surface area contributed by atoms with E-state index >= 15 is 0 Å². The van der Waals surface area contributed by atoms with Crippen molar-refractivity contribution in [3.63, 3.8) is 0 Å². The van der Waals surface area contributed by atoms with Crippen LogP contribution in [0.4, 0.5) is 0 Å². The molecule has 0 amide bonds. The van der Waals surface area contributed by atoms with Gasteiger partial charge in [0.05, 0.1) is 0 Å². The Kier molecular flexibility index (Phi) is 7.54. The summed E-state index contributed by atoms with van der Waals surface area (Å²) in [5.41, 5.74) is 3.25. The van der Waals surface area contributed by atoms with Gasteiger partial charge in [-0.15, -0.1) is 0 Å². The minimum absolute atomic E-state index is 0.471. The Morgan fingerprint density at radius 2 is 1.16 bits per heavy atom. The van der Waals surface area contributed by atoms with Crippen LogP contribution in [0.2, 0.25) is 0 Å². The third-order valence-corrected chi connectivity index (χ3v) is 10.2. The van der Waals surface area contributed by atoms with Gasteiger partial charge < -0.3 is 0 Å². The third-order valence-electron chi connectivity index (χ3n) is 5.61. The van der Waals surface area contributed by atoms with Crippen molar-refractivity contribution >= 4 is 17.9 Å². The Hall–Kier alpha value is -2.19. The van der Waals surface area contributed by atoms with Crippen LogP contribution in [0.25, 0.3) is 0 Å². The summed E-state index contributed by atoms with van der Waals surface area (Å²) >= 11 is 0. The van der Waals surface area contributed by atoms with Crippen LogP contribution in [0.3, 0.4) is 0 Å². The molecule has 0 spiro atoms. The molecule has 0 bridgehead atoms. The van der Waals surface area contributed by atoms with Crippen LogP contribution in [0, 0.1) is 20.8 Å². The summed E-state index contributed by atoms with van der Waals surface area (Å²) in [6.07, 6.45) is 1.96. The van der Waals surface area contributed by atoms with Crippen LogP contribution in [-0.2, 0) is 9.05 Å². The van der Waals surface area contributed by atoms with Crippen LogP contribution in [0.5, 0.6) is 5.75 Å². The van der Waals surface area contributed by atoms with E-state index in [1.165, 1.54) is 0 Å². The van der Waals surface area contributed by atoms with E-state index in [-0.39, 0.29) is 0 Å². The molecule has 0 heterocycles. The first-order valence-corrected chi connectivity index (χ1v) is 13.2. The number of para-hydroxylation sites is 1. The van der Waals surface area contributed by atoms with E-state index in [1.54, 1.807) is 0 Å². The summed E-state index contributed by atoms with van der Waals surface area (Å²) in [6, 6.07) is 24.7. The Morgan fingerprint density at radius 3 is 1.65 bits per heavy atom. The predicted octanol–water partition coefficient (Wildman–Crippen LogP) is 6.79. The molecule has 0 aliphatic carbocycles. The first-order chi connectivity index (χ1) is 15.0. The molecule has 3 aromatic rings. The summed E-state index contributed by atoms with van der Waals surface area (Å²) in [6.45, 7) is 11.5. The van der Waals surface area contributed by atoms with Gasteiger partial charge in [-0.1, -0.05) is 0 Å². The quantitative estimate of drug-likeness (QED) is 0.258. The van der Waals surface area contributed by atoms with E-state index in [1.807, 2.05) is 49.4 Å². The number of hydrogen-bond donors (Lipinski definition) is 0. The zero-order valence-electron chi connectivity index (χ0n) is 19.4. The molecular formula is C27H35O3P. The summed E-state index contributed by atoms with van der Waals surface area (Å²) in [5.74, 6) is 0.789. The topological polar surface area (TPSA) is 27.7 Å². The van der Waals surface area contributed by atoms with Gasteiger partial charge in [-0.2, -0.15) is 0 Å². The van der Waals surface area contributed by atoms with Crippen molar-refractivity contribution in [3.8, 4) is 5.75 Å². The average molecular weight is 439 g/mol. The molecule has 3 aromatic carbocycles. The number of benzene rings is 3. The number of rotatable bonds is 10. The van der Waals surface area contributed by atoms with E-state index in [2.05, 4.69) is 58.0 Å². The standard InChI is InChI=1S/C27H35O3P/c1-6-8-21-29-31(28-7-2,26-19-13-10-16-23(26)4,27-20-14-11-17-24(27)5)30-25-18-12-9-15-22(25)3/h9-20H,6-8,21H2,1-5H3. The van der Waals surface area contributed by atoms with Crippen molar-refractivity contribution in [1.82, 2.24) is 0 Å². The van der Waals surface area contributed by atoms with Gasteiger partial charge >= 0.3 is 187 Å². The Labute approximate surface area is 187 Å². The molecule has 0 saturated heterocycles. The molecule has 0 aromatic heterocycles. The van der Waals surface area contributed by atoms with Crippen molar-refractivity contribution < 1.29 is 13.6 Å². The van der Waals surface area contributed by atoms with E-state index in [4.69, 9.17) is 13.6 Å². The van der Waals surface area contributed by atoms with Gasteiger partial charge in [0, 0.05) is 0 Å². The van der Waals surface area contributed by atoms with Crippen LogP contribution >= 0.6 is 7.28 Å². The van der Waals surface area contributed by atoms with Crippen molar-refractivity contribution in [2.75, 3.05) is 13.2 Å². The molecule has 0 fully saturated rings. The van der Waals surface area contributed by atoms with Gasteiger partial charge in [-0.25, -0.2) is 0 Å². The third kappa shape index (κ3) is 4.41.